The van der Waals surface area contributed by atoms with Gasteiger partial charge in [0.2, 0.25) is 0 Å². The molecule has 5 heterocycles. The molecular weight excluding hydrogens is 286 g/mol. The van der Waals surface area contributed by atoms with E-state index in [4.69, 9.17) is 9.84 Å². The number of nitrogens with zero attached hydrogens (tertiary/aromatic N) is 3. The van der Waals surface area contributed by atoms with Gasteiger partial charge in [0.25, 0.3) is 0 Å². The predicted octanol–water partition coefficient (Wildman–Crippen LogP) is 3.11. The Labute approximate surface area is 136 Å². The summed E-state index contributed by atoms with van der Waals surface area (Å²) in [5, 5.41) is 6.03. The molecule has 0 N–H and O–H groups in total. The van der Waals surface area contributed by atoms with Crippen molar-refractivity contribution in [3.8, 4) is 0 Å². The highest BCUT2D eigenvalue weighted by Gasteiger charge is 2.36. The Morgan fingerprint density at radius 2 is 2.09 bits per heavy atom. The van der Waals surface area contributed by atoms with Gasteiger partial charge in [-0.05, 0) is 55.5 Å². The molecule has 120 valence electrons. The summed E-state index contributed by atoms with van der Waals surface area (Å²) in [6.07, 6.45) is 7.93. The molecule has 1 aromatic carbocycles. The third kappa shape index (κ3) is 2.32. The first-order valence-corrected chi connectivity index (χ1v) is 8.85. The summed E-state index contributed by atoms with van der Waals surface area (Å²) in [6, 6.07) is 7.36. The van der Waals surface area contributed by atoms with Crippen LogP contribution in [0.2, 0.25) is 0 Å². The standard InChI is InChI=1S/C19H23N3O/c1-2-17-12-20-22(19-13-21-7-3-15(19)4-8-21)18(17)11-16(1)14-5-9-23-10-6-14/h1-2,5,11-12,15,19H,3-4,6-10,13H2/t19-/m1/s1. The van der Waals surface area contributed by atoms with Gasteiger partial charge in [-0.15, -0.1) is 0 Å². The number of fused-ring (bicyclic) bond motifs is 4. The number of aromatic nitrogens is 2. The van der Waals surface area contributed by atoms with Crippen LogP contribution in [0, 0.1) is 5.92 Å². The molecule has 23 heavy (non-hydrogen) atoms. The molecule has 2 bridgehead atoms. The van der Waals surface area contributed by atoms with Crippen molar-refractivity contribution in [2.24, 2.45) is 5.92 Å². The zero-order valence-electron chi connectivity index (χ0n) is 13.4. The maximum atomic E-state index is 5.45. The zero-order valence-corrected chi connectivity index (χ0v) is 13.4. The Kier molecular flexibility index (Phi) is 3.27. The van der Waals surface area contributed by atoms with Crippen LogP contribution in [0.4, 0.5) is 0 Å². The first-order valence-electron chi connectivity index (χ1n) is 8.85. The quantitative estimate of drug-likeness (QED) is 0.854. The van der Waals surface area contributed by atoms with E-state index in [0.29, 0.717) is 6.04 Å². The van der Waals surface area contributed by atoms with Crippen LogP contribution in [0.25, 0.3) is 16.5 Å². The minimum Gasteiger partial charge on any atom is -0.377 e. The summed E-state index contributed by atoms with van der Waals surface area (Å²) in [5.74, 6) is 0.800. The molecule has 0 saturated carbocycles. The van der Waals surface area contributed by atoms with Gasteiger partial charge in [-0.25, -0.2) is 0 Å². The van der Waals surface area contributed by atoms with Gasteiger partial charge in [0.15, 0.2) is 0 Å². The van der Waals surface area contributed by atoms with Gasteiger partial charge in [-0.2, -0.15) is 5.10 Å². The molecule has 0 unspecified atom stereocenters. The molecule has 4 nitrogen and oxygen atoms in total. The first kappa shape index (κ1) is 13.8. The summed E-state index contributed by atoms with van der Waals surface area (Å²) < 4.78 is 7.76. The van der Waals surface area contributed by atoms with Gasteiger partial charge >= 0.3 is 0 Å². The lowest BCUT2D eigenvalue weighted by molar-refractivity contribution is 0.0534. The van der Waals surface area contributed by atoms with Gasteiger partial charge < -0.3 is 9.64 Å². The summed E-state index contributed by atoms with van der Waals surface area (Å²) >= 11 is 0. The number of hydrogen-bond acceptors (Lipinski definition) is 3. The molecule has 0 radical (unpaired) electrons. The van der Waals surface area contributed by atoms with Gasteiger partial charge in [0.05, 0.1) is 31.0 Å². The molecule has 3 fully saturated rings. The maximum absolute atomic E-state index is 5.45. The summed E-state index contributed by atoms with van der Waals surface area (Å²) in [4.78, 5) is 2.60. The van der Waals surface area contributed by atoms with Crippen LogP contribution in [-0.2, 0) is 4.74 Å². The van der Waals surface area contributed by atoms with Crippen LogP contribution >= 0.6 is 0 Å². The Hall–Kier alpha value is -1.65. The number of rotatable bonds is 2. The third-order valence-electron chi connectivity index (χ3n) is 5.87. The van der Waals surface area contributed by atoms with E-state index in [0.717, 1.165) is 25.6 Å². The molecule has 2 aromatic rings. The lowest BCUT2D eigenvalue weighted by Gasteiger charge is -2.44. The molecule has 4 aliphatic rings. The summed E-state index contributed by atoms with van der Waals surface area (Å²) in [5.41, 5.74) is 4.05. The van der Waals surface area contributed by atoms with Crippen LogP contribution in [0.15, 0.2) is 30.5 Å². The average molecular weight is 309 g/mol. The smallest absolute Gasteiger partial charge is 0.0692 e. The van der Waals surface area contributed by atoms with E-state index >= 15 is 0 Å². The van der Waals surface area contributed by atoms with Crippen molar-refractivity contribution in [1.82, 2.24) is 14.7 Å². The van der Waals surface area contributed by atoms with Crippen LogP contribution in [-0.4, -0.2) is 47.5 Å². The predicted molar refractivity (Wildman–Crippen MR) is 91.3 cm³/mol. The van der Waals surface area contributed by atoms with Crippen molar-refractivity contribution in [2.75, 3.05) is 32.8 Å². The first-order chi connectivity index (χ1) is 11.4. The molecule has 4 heteroatoms. The van der Waals surface area contributed by atoms with Crippen molar-refractivity contribution in [1.29, 1.82) is 0 Å². The minimum atomic E-state index is 0.550. The van der Waals surface area contributed by atoms with Crippen LogP contribution in [0.1, 0.15) is 30.9 Å². The monoisotopic (exact) mass is 309 g/mol. The second-order valence-corrected chi connectivity index (χ2v) is 7.12. The van der Waals surface area contributed by atoms with E-state index in [1.807, 2.05) is 6.20 Å². The minimum absolute atomic E-state index is 0.550. The maximum Gasteiger partial charge on any atom is 0.0692 e. The Morgan fingerprint density at radius 1 is 1.17 bits per heavy atom. The molecule has 3 saturated heterocycles. The lowest BCUT2D eigenvalue weighted by Crippen LogP contribution is -2.48. The van der Waals surface area contributed by atoms with Crippen LogP contribution in [0.5, 0.6) is 0 Å². The average Bonchev–Trinajstić information content (AvgIpc) is 3.06. The highest BCUT2D eigenvalue weighted by Crippen LogP contribution is 2.37. The highest BCUT2D eigenvalue weighted by molar-refractivity contribution is 5.83. The van der Waals surface area contributed by atoms with Crippen molar-refractivity contribution in [3.63, 3.8) is 0 Å². The number of hydrogen-bond donors (Lipinski definition) is 0. The second-order valence-electron chi connectivity index (χ2n) is 7.12. The van der Waals surface area contributed by atoms with Crippen molar-refractivity contribution >= 4 is 16.5 Å². The molecule has 0 amide bonds. The topological polar surface area (TPSA) is 30.3 Å². The van der Waals surface area contributed by atoms with E-state index in [1.165, 1.54) is 54.5 Å². The van der Waals surface area contributed by atoms with Gasteiger partial charge in [-0.3, -0.25) is 4.68 Å². The molecule has 0 spiro atoms. The van der Waals surface area contributed by atoms with Gasteiger partial charge in [0.1, 0.15) is 0 Å². The lowest BCUT2D eigenvalue weighted by atomic mass is 9.84. The van der Waals surface area contributed by atoms with Crippen LogP contribution in [0.3, 0.4) is 0 Å². The van der Waals surface area contributed by atoms with E-state index in [-0.39, 0.29) is 0 Å². The Bertz CT molecular complexity index is 755. The summed E-state index contributed by atoms with van der Waals surface area (Å²) in [7, 11) is 0. The largest absolute Gasteiger partial charge is 0.377 e. The fourth-order valence-corrected chi connectivity index (χ4v) is 4.50. The van der Waals surface area contributed by atoms with Crippen LogP contribution < -0.4 is 0 Å². The molecule has 1 atom stereocenters. The van der Waals surface area contributed by atoms with E-state index in [2.05, 4.69) is 33.9 Å². The van der Waals surface area contributed by atoms with E-state index < -0.39 is 0 Å². The Balaban J connectivity index is 1.55. The fraction of sp³-hybridized carbons (Fsp3) is 0.526. The molecule has 1 aromatic heterocycles. The van der Waals surface area contributed by atoms with E-state index in [1.54, 1.807) is 0 Å². The fourth-order valence-electron chi connectivity index (χ4n) is 4.50. The molecule has 0 aliphatic carbocycles. The van der Waals surface area contributed by atoms with E-state index in [9.17, 15) is 0 Å². The Morgan fingerprint density at radius 3 is 2.83 bits per heavy atom. The SMILES string of the molecule is C1=C(c2ccc3cnn([C@@H]4CN5CCC4CC5)c3c2)CCOC1. The summed E-state index contributed by atoms with van der Waals surface area (Å²) in [6.45, 7) is 5.30. The van der Waals surface area contributed by atoms with Gasteiger partial charge in [0, 0.05) is 11.9 Å². The number of ether oxygens (including phenoxy) is 1. The van der Waals surface area contributed by atoms with Crippen molar-refractivity contribution < 1.29 is 4.74 Å². The van der Waals surface area contributed by atoms with Crippen molar-refractivity contribution in [2.45, 2.75) is 25.3 Å². The zero-order chi connectivity index (χ0) is 15.2. The molecule has 6 rings (SSSR count). The second kappa shape index (κ2) is 5.46. The highest BCUT2D eigenvalue weighted by atomic mass is 16.5. The van der Waals surface area contributed by atoms with Crippen molar-refractivity contribution in [3.05, 3.63) is 36.0 Å². The molecular formula is C19H23N3O. The normalized spacial score (nSPS) is 30.6. The molecule has 4 aliphatic heterocycles. The number of piperidine rings is 3. The number of benzene rings is 1. The van der Waals surface area contributed by atoms with Gasteiger partial charge in [-0.1, -0.05) is 18.2 Å². The third-order valence-corrected chi connectivity index (χ3v) is 5.87.